The normalized spacial score (nSPS) is 14.5. The second-order valence-electron chi connectivity index (χ2n) is 9.00. The molecule has 4 aromatic rings. The van der Waals surface area contributed by atoms with Crippen molar-refractivity contribution in [1.82, 2.24) is 9.88 Å². The van der Waals surface area contributed by atoms with E-state index < -0.39 is 0 Å². The molecule has 2 heterocycles. The molecule has 8 heteroatoms. The average molecular weight is 560 g/mol. The van der Waals surface area contributed by atoms with Crippen LogP contribution in [-0.2, 0) is 14.3 Å². The quantitative estimate of drug-likeness (QED) is 0.157. The van der Waals surface area contributed by atoms with Gasteiger partial charge in [0.05, 0.1) is 12.6 Å². The van der Waals surface area contributed by atoms with Gasteiger partial charge in [-0.1, -0.05) is 72.3 Å². The van der Waals surface area contributed by atoms with Crippen molar-refractivity contribution in [3.63, 3.8) is 0 Å². The summed E-state index contributed by atoms with van der Waals surface area (Å²) in [7, 11) is 1.97. The number of H-pyrrole nitrogens is 1. The van der Waals surface area contributed by atoms with Crippen LogP contribution in [0.3, 0.4) is 0 Å². The molecule has 1 aliphatic rings. The molecule has 1 fully saturated rings. The third-order valence-corrected chi connectivity index (χ3v) is 6.48. The molecule has 0 bridgehead atoms. The summed E-state index contributed by atoms with van der Waals surface area (Å²) in [4.78, 5) is 39.1. The van der Waals surface area contributed by atoms with E-state index in [9.17, 15) is 14.4 Å². The summed E-state index contributed by atoms with van der Waals surface area (Å²) in [5.41, 5.74) is 2.85. The van der Waals surface area contributed by atoms with Crippen molar-refractivity contribution in [2.24, 2.45) is 0 Å². The van der Waals surface area contributed by atoms with E-state index in [1.807, 2.05) is 79.8 Å². The molecule has 1 atom stereocenters. The molecule has 0 spiro atoms. The second kappa shape index (κ2) is 16.0. The van der Waals surface area contributed by atoms with Crippen molar-refractivity contribution in [1.29, 1.82) is 0 Å². The number of ether oxygens (including phenoxy) is 1. The maximum atomic E-state index is 12.3. The number of nitrogens with one attached hydrogen (secondary N) is 2. The number of aromatic nitrogens is 1. The molecule has 1 aromatic heterocycles. The van der Waals surface area contributed by atoms with Gasteiger partial charge in [0.25, 0.3) is 0 Å². The second-order valence-corrected chi connectivity index (χ2v) is 9.41. The SMILES string of the molecule is CCOC(=O)c1cc2cc(NC(=O)[C@@H]3CCCN3C)ccc2[nH]1.O=C/C=C/c1ccccc1Cl.c1ccccc1. The lowest BCUT2D eigenvalue weighted by atomic mass is 10.2. The Bertz CT molecular complexity index is 1390. The first-order chi connectivity index (χ1) is 19.4. The fourth-order valence-electron chi connectivity index (χ4n) is 4.13. The number of fused-ring (bicyclic) bond motifs is 1. The number of amides is 1. The molecule has 208 valence electrons. The number of hydrogen-bond acceptors (Lipinski definition) is 5. The van der Waals surface area contributed by atoms with Crippen LogP contribution < -0.4 is 5.32 Å². The Balaban J connectivity index is 0.000000213. The predicted octanol–water partition coefficient (Wildman–Crippen LogP) is 6.62. The van der Waals surface area contributed by atoms with Crippen LogP contribution in [-0.4, -0.2) is 54.3 Å². The number of carbonyl (C=O) groups is 3. The number of halogens is 1. The number of likely N-dealkylation sites (tertiary alicyclic amines) is 1. The molecular formula is C32H34ClN3O4. The molecule has 3 aromatic carbocycles. The molecule has 2 N–H and O–H groups in total. The van der Waals surface area contributed by atoms with E-state index >= 15 is 0 Å². The lowest BCUT2D eigenvalue weighted by Gasteiger charge is -2.18. The highest BCUT2D eigenvalue weighted by Crippen LogP contribution is 2.22. The Morgan fingerprint density at radius 2 is 1.75 bits per heavy atom. The number of anilines is 1. The Labute approximate surface area is 239 Å². The van der Waals surface area contributed by atoms with Crippen LogP contribution in [0.1, 0.15) is 35.8 Å². The number of allylic oxidation sites excluding steroid dienone is 1. The number of carbonyl (C=O) groups excluding carboxylic acids is 3. The number of esters is 1. The third-order valence-electron chi connectivity index (χ3n) is 6.13. The van der Waals surface area contributed by atoms with Crippen LogP contribution in [0.2, 0.25) is 5.02 Å². The number of aromatic amines is 1. The van der Waals surface area contributed by atoms with Crippen LogP contribution in [0.15, 0.2) is 91.0 Å². The van der Waals surface area contributed by atoms with E-state index in [0.29, 0.717) is 17.3 Å². The molecule has 1 aliphatic heterocycles. The Hall–Kier alpha value is -4.20. The van der Waals surface area contributed by atoms with Gasteiger partial charge in [0.15, 0.2) is 0 Å². The zero-order valence-corrected chi connectivity index (χ0v) is 23.4. The summed E-state index contributed by atoms with van der Waals surface area (Å²) in [6.07, 6.45) is 5.76. The molecule has 0 unspecified atom stereocenters. The number of rotatable bonds is 6. The molecule has 7 nitrogen and oxygen atoms in total. The molecule has 40 heavy (non-hydrogen) atoms. The average Bonchev–Trinajstić information content (AvgIpc) is 3.60. The smallest absolute Gasteiger partial charge is 0.354 e. The lowest BCUT2D eigenvalue weighted by Crippen LogP contribution is -2.37. The van der Waals surface area contributed by atoms with Crippen molar-refractivity contribution < 1.29 is 19.1 Å². The third kappa shape index (κ3) is 9.22. The number of benzene rings is 3. The van der Waals surface area contributed by atoms with Crippen molar-refractivity contribution in [2.45, 2.75) is 25.8 Å². The van der Waals surface area contributed by atoms with E-state index in [1.54, 1.807) is 25.1 Å². The highest BCUT2D eigenvalue weighted by molar-refractivity contribution is 6.32. The van der Waals surface area contributed by atoms with E-state index in [0.717, 1.165) is 47.8 Å². The molecule has 0 radical (unpaired) electrons. The topological polar surface area (TPSA) is 91.5 Å². The van der Waals surface area contributed by atoms with E-state index in [4.69, 9.17) is 16.3 Å². The van der Waals surface area contributed by atoms with Gasteiger partial charge in [-0.15, -0.1) is 0 Å². The largest absolute Gasteiger partial charge is 0.461 e. The zero-order chi connectivity index (χ0) is 28.7. The molecule has 1 amide bonds. The van der Waals surface area contributed by atoms with Gasteiger partial charge in [-0.3, -0.25) is 14.5 Å². The first-order valence-electron chi connectivity index (χ1n) is 13.1. The monoisotopic (exact) mass is 559 g/mol. The predicted molar refractivity (Wildman–Crippen MR) is 162 cm³/mol. The van der Waals surface area contributed by atoms with Gasteiger partial charge >= 0.3 is 5.97 Å². The summed E-state index contributed by atoms with van der Waals surface area (Å²) in [5.74, 6) is -0.354. The van der Waals surface area contributed by atoms with Crippen molar-refractivity contribution in [2.75, 3.05) is 25.5 Å². The fraction of sp³-hybridized carbons (Fsp3) is 0.219. The van der Waals surface area contributed by atoms with Gasteiger partial charge in [-0.25, -0.2) is 4.79 Å². The van der Waals surface area contributed by atoms with Crippen LogP contribution >= 0.6 is 11.6 Å². The summed E-state index contributed by atoms with van der Waals surface area (Å²) >= 11 is 5.79. The number of nitrogens with zero attached hydrogens (tertiary/aromatic N) is 1. The maximum absolute atomic E-state index is 12.3. The van der Waals surface area contributed by atoms with Crippen LogP contribution in [0, 0.1) is 0 Å². The standard InChI is InChI=1S/C17H21N3O3.C9H7ClO.C6H6/c1-3-23-17(22)14-10-11-9-12(6-7-13(11)19-14)18-16(21)15-5-4-8-20(15)2;10-9-6-2-1-4-8(9)5-3-7-11;1-2-4-6-5-3-1/h6-7,9-10,15,19H,3-5,8H2,1-2H3,(H,18,21);1-7H;1-6H/b;5-3+;/t15-;;/m0../s1. The van der Waals surface area contributed by atoms with Crippen LogP contribution in [0.4, 0.5) is 5.69 Å². The van der Waals surface area contributed by atoms with E-state index in [1.165, 1.54) is 6.08 Å². The van der Waals surface area contributed by atoms with Gasteiger partial charge in [-0.05, 0) is 75.3 Å². The maximum Gasteiger partial charge on any atom is 0.354 e. The van der Waals surface area contributed by atoms with Crippen molar-refractivity contribution in [3.8, 4) is 0 Å². The number of hydrogen-bond donors (Lipinski definition) is 2. The minimum atomic E-state index is -0.373. The number of aldehydes is 1. The van der Waals surface area contributed by atoms with Crippen molar-refractivity contribution in [3.05, 3.63) is 107 Å². The Morgan fingerprint density at radius 1 is 1.05 bits per heavy atom. The van der Waals surface area contributed by atoms with Crippen molar-refractivity contribution >= 4 is 52.4 Å². The minimum absolute atomic E-state index is 0.0190. The summed E-state index contributed by atoms with van der Waals surface area (Å²) < 4.78 is 4.99. The molecule has 5 rings (SSSR count). The fourth-order valence-corrected chi connectivity index (χ4v) is 4.33. The molecule has 0 saturated carbocycles. The molecule has 0 aliphatic carbocycles. The summed E-state index contributed by atoms with van der Waals surface area (Å²) in [5, 5.41) is 4.48. The van der Waals surface area contributed by atoms with Gasteiger partial charge in [0.2, 0.25) is 5.91 Å². The Morgan fingerprint density at radius 3 is 2.35 bits per heavy atom. The van der Waals surface area contributed by atoms with Gasteiger partial charge in [0, 0.05) is 21.6 Å². The summed E-state index contributed by atoms with van der Waals surface area (Å²) in [6, 6.07) is 26.6. The van der Waals surface area contributed by atoms with E-state index in [-0.39, 0.29) is 17.9 Å². The highest BCUT2D eigenvalue weighted by Gasteiger charge is 2.27. The summed E-state index contributed by atoms with van der Waals surface area (Å²) in [6.45, 7) is 3.07. The molecular weight excluding hydrogens is 526 g/mol. The first-order valence-corrected chi connectivity index (χ1v) is 13.5. The van der Waals surface area contributed by atoms with Crippen LogP contribution in [0.25, 0.3) is 17.0 Å². The zero-order valence-electron chi connectivity index (χ0n) is 22.7. The lowest BCUT2D eigenvalue weighted by molar-refractivity contribution is -0.120. The van der Waals surface area contributed by atoms with Gasteiger partial charge < -0.3 is 15.0 Å². The van der Waals surface area contributed by atoms with E-state index in [2.05, 4.69) is 15.2 Å². The Kier molecular flexibility index (Phi) is 12.2. The first kappa shape index (κ1) is 30.3. The van der Waals surface area contributed by atoms with Gasteiger partial charge in [-0.2, -0.15) is 0 Å². The van der Waals surface area contributed by atoms with Crippen LogP contribution in [0.5, 0.6) is 0 Å². The molecule has 1 saturated heterocycles. The highest BCUT2D eigenvalue weighted by atomic mass is 35.5. The number of likely N-dealkylation sites (N-methyl/N-ethyl adjacent to an activating group) is 1. The van der Waals surface area contributed by atoms with Gasteiger partial charge in [0.1, 0.15) is 12.0 Å². The minimum Gasteiger partial charge on any atom is -0.461 e.